The van der Waals surface area contributed by atoms with Crippen molar-refractivity contribution in [2.45, 2.75) is 32.2 Å². The number of aliphatic carboxylic acids is 1. The van der Waals surface area contributed by atoms with E-state index in [0.29, 0.717) is 19.0 Å². The highest BCUT2D eigenvalue weighted by Gasteiger charge is 2.36. The number of benzene rings is 1. The average molecular weight is 373 g/mol. The molecule has 0 saturated carbocycles. The summed E-state index contributed by atoms with van der Waals surface area (Å²) in [4.78, 5) is 30.8. The van der Waals surface area contributed by atoms with E-state index in [9.17, 15) is 9.59 Å². The van der Waals surface area contributed by atoms with Crippen LogP contribution in [0, 0.1) is 12.8 Å². The minimum atomic E-state index is -0.755. The van der Waals surface area contributed by atoms with Crippen LogP contribution in [0.25, 0.3) is 0 Å². The van der Waals surface area contributed by atoms with Gasteiger partial charge in [-0.15, -0.1) is 0 Å². The number of carbonyl (C=O) groups is 2. The van der Waals surface area contributed by atoms with Crippen LogP contribution in [0.3, 0.4) is 0 Å². The second kappa shape index (κ2) is 8.85. The Morgan fingerprint density at radius 1 is 1.07 bits per heavy atom. The summed E-state index contributed by atoms with van der Waals surface area (Å²) in [5, 5.41) is 9.15. The Bertz CT molecular complexity index is 653. The molecule has 1 N–H and O–H groups in total. The Balaban J connectivity index is 1.69. The summed E-state index contributed by atoms with van der Waals surface area (Å²) in [5.74, 6) is -0.478. The number of carboxylic acid groups (broad SMARTS) is 1. The maximum atomic E-state index is 12.9. The summed E-state index contributed by atoms with van der Waals surface area (Å²) in [5.41, 5.74) is 1.86. The van der Waals surface area contributed by atoms with Gasteiger partial charge in [0.2, 0.25) is 0 Å². The van der Waals surface area contributed by atoms with E-state index >= 15 is 0 Å². The summed E-state index contributed by atoms with van der Waals surface area (Å²) in [6, 6.07) is 8.07. The molecule has 1 amide bonds. The molecule has 2 saturated heterocycles. The van der Waals surface area contributed by atoms with E-state index < -0.39 is 5.97 Å². The van der Waals surface area contributed by atoms with Crippen LogP contribution in [0.5, 0.6) is 0 Å². The van der Waals surface area contributed by atoms with Crippen molar-refractivity contribution in [2.75, 3.05) is 46.3 Å². The Morgan fingerprint density at radius 3 is 2.37 bits per heavy atom. The molecule has 0 aliphatic carbocycles. The second-order valence-corrected chi connectivity index (χ2v) is 8.00. The lowest BCUT2D eigenvalue weighted by Gasteiger charge is -2.46. The van der Waals surface area contributed by atoms with Crippen molar-refractivity contribution in [3.63, 3.8) is 0 Å². The lowest BCUT2D eigenvalue weighted by atomic mass is 9.86. The molecule has 27 heavy (non-hydrogen) atoms. The first-order valence-electron chi connectivity index (χ1n) is 9.94. The van der Waals surface area contributed by atoms with Gasteiger partial charge in [-0.25, -0.2) is 0 Å². The van der Waals surface area contributed by atoms with Crippen molar-refractivity contribution in [3.05, 3.63) is 35.4 Å². The van der Waals surface area contributed by atoms with Crippen molar-refractivity contribution in [1.29, 1.82) is 0 Å². The topological polar surface area (TPSA) is 64.1 Å². The molecule has 1 aromatic carbocycles. The Hall–Kier alpha value is -1.92. The number of rotatable bonds is 5. The van der Waals surface area contributed by atoms with Gasteiger partial charge in [0.15, 0.2) is 0 Å². The number of likely N-dealkylation sites (N-methyl/N-ethyl adjacent to an activating group) is 1. The highest BCUT2D eigenvalue weighted by Crippen LogP contribution is 2.28. The zero-order valence-corrected chi connectivity index (χ0v) is 16.4. The van der Waals surface area contributed by atoms with E-state index in [4.69, 9.17) is 5.11 Å². The number of piperazine rings is 1. The van der Waals surface area contributed by atoms with Crippen LogP contribution in [0.15, 0.2) is 24.3 Å². The van der Waals surface area contributed by atoms with Crippen LogP contribution in [-0.2, 0) is 4.79 Å². The Morgan fingerprint density at radius 2 is 1.74 bits per heavy atom. The molecule has 1 aromatic rings. The van der Waals surface area contributed by atoms with Gasteiger partial charge >= 0.3 is 5.97 Å². The normalized spacial score (nSPS) is 24.7. The maximum absolute atomic E-state index is 12.9. The summed E-state index contributed by atoms with van der Waals surface area (Å²) < 4.78 is 0. The van der Waals surface area contributed by atoms with Gasteiger partial charge in [-0.2, -0.15) is 0 Å². The van der Waals surface area contributed by atoms with Gasteiger partial charge in [0.25, 0.3) is 5.91 Å². The second-order valence-electron chi connectivity index (χ2n) is 8.00. The highest BCUT2D eigenvalue weighted by molar-refractivity contribution is 5.94. The summed E-state index contributed by atoms with van der Waals surface area (Å²) in [6.45, 7) is 7.55. The molecule has 6 nitrogen and oxygen atoms in total. The Kier molecular flexibility index (Phi) is 6.50. The van der Waals surface area contributed by atoms with Crippen molar-refractivity contribution in [3.8, 4) is 0 Å². The van der Waals surface area contributed by atoms with Gasteiger partial charge in [-0.05, 0) is 44.9 Å². The van der Waals surface area contributed by atoms with Gasteiger partial charge in [0, 0.05) is 57.3 Å². The lowest BCUT2D eigenvalue weighted by molar-refractivity contribution is -0.137. The van der Waals surface area contributed by atoms with Crippen LogP contribution in [-0.4, -0.2) is 84.0 Å². The number of hydrogen-bond donors (Lipinski definition) is 1. The van der Waals surface area contributed by atoms with Gasteiger partial charge in [0.1, 0.15) is 0 Å². The third kappa shape index (κ3) is 5.08. The molecule has 2 atom stereocenters. The first-order chi connectivity index (χ1) is 12.9. The first-order valence-corrected chi connectivity index (χ1v) is 9.94. The number of carbonyl (C=O) groups excluding carboxylic acids is 1. The molecule has 2 fully saturated rings. The zero-order valence-electron chi connectivity index (χ0n) is 16.4. The number of hydrogen-bond acceptors (Lipinski definition) is 4. The van der Waals surface area contributed by atoms with Gasteiger partial charge in [-0.1, -0.05) is 17.7 Å². The monoisotopic (exact) mass is 373 g/mol. The number of nitrogens with zero attached hydrogens (tertiary/aromatic N) is 3. The number of carboxylic acids is 1. The molecule has 148 valence electrons. The van der Waals surface area contributed by atoms with Crippen LogP contribution in [0.4, 0.5) is 0 Å². The van der Waals surface area contributed by atoms with Gasteiger partial charge in [0.05, 0.1) is 0 Å². The molecule has 0 spiro atoms. The molecule has 6 heteroatoms. The fourth-order valence-corrected chi connectivity index (χ4v) is 4.31. The molecule has 2 aliphatic rings. The van der Waals surface area contributed by atoms with Gasteiger partial charge < -0.3 is 14.9 Å². The molecular formula is C21H31N3O3. The zero-order chi connectivity index (χ0) is 19.4. The van der Waals surface area contributed by atoms with Crippen LogP contribution in [0.1, 0.15) is 35.2 Å². The van der Waals surface area contributed by atoms with Crippen LogP contribution >= 0.6 is 0 Å². The lowest BCUT2D eigenvalue weighted by Crippen LogP contribution is -2.57. The van der Waals surface area contributed by atoms with E-state index in [1.165, 1.54) is 0 Å². The number of aryl methyl sites for hydroxylation is 1. The summed E-state index contributed by atoms with van der Waals surface area (Å²) >= 11 is 0. The molecule has 0 unspecified atom stereocenters. The summed E-state index contributed by atoms with van der Waals surface area (Å²) in [6.07, 6.45) is 1.72. The number of piperidine rings is 1. The van der Waals surface area contributed by atoms with Crippen LogP contribution < -0.4 is 0 Å². The number of amides is 1. The smallest absolute Gasteiger partial charge is 0.303 e. The third-order valence-electron chi connectivity index (χ3n) is 6.02. The maximum Gasteiger partial charge on any atom is 0.303 e. The SMILES string of the molecule is Cc1ccc(C(=O)N2CC[C@@H](N3CCN(C)CC3)[C@@H](CCC(=O)O)C2)cc1. The molecule has 0 radical (unpaired) electrons. The van der Waals surface area contributed by atoms with E-state index in [0.717, 1.165) is 50.3 Å². The molecule has 0 aromatic heterocycles. The summed E-state index contributed by atoms with van der Waals surface area (Å²) in [7, 11) is 2.14. The third-order valence-corrected chi connectivity index (χ3v) is 6.02. The first kappa shape index (κ1) is 19.8. The van der Waals surface area contributed by atoms with Gasteiger partial charge in [-0.3, -0.25) is 14.5 Å². The predicted molar refractivity (Wildman–Crippen MR) is 105 cm³/mol. The Labute approximate surface area is 161 Å². The van der Waals surface area contributed by atoms with Crippen molar-refractivity contribution < 1.29 is 14.7 Å². The molecule has 3 rings (SSSR count). The average Bonchev–Trinajstić information content (AvgIpc) is 2.67. The highest BCUT2D eigenvalue weighted by atomic mass is 16.4. The minimum absolute atomic E-state index is 0.0622. The van der Waals surface area contributed by atoms with Crippen molar-refractivity contribution in [1.82, 2.24) is 14.7 Å². The largest absolute Gasteiger partial charge is 0.481 e. The molecule has 2 aliphatic heterocycles. The van der Waals surface area contributed by atoms with Crippen LogP contribution in [0.2, 0.25) is 0 Å². The van der Waals surface area contributed by atoms with E-state index in [1.807, 2.05) is 36.1 Å². The molecule has 0 bridgehead atoms. The quantitative estimate of drug-likeness (QED) is 0.855. The van der Waals surface area contributed by atoms with E-state index in [1.54, 1.807) is 0 Å². The fraction of sp³-hybridized carbons (Fsp3) is 0.619. The van der Waals surface area contributed by atoms with Crippen molar-refractivity contribution in [2.24, 2.45) is 5.92 Å². The molecular weight excluding hydrogens is 342 g/mol. The minimum Gasteiger partial charge on any atom is -0.481 e. The van der Waals surface area contributed by atoms with Crippen molar-refractivity contribution >= 4 is 11.9 Å². The van der Waals surface area contributed by atoms with E-state index in [-0.39, 0.29) is 18.2 Å². The predicted octanol–water partition coefficient (Wildman–Crippen LogP) is 1.94. The standard InChI is InChI=1S/C21H31N3O3/c1-16-3-5-17(6-4-16)21(27)24-10-9-19(18(15-24)7-8-20(25)26)23-13-11-22(2)12-14-23/h3-6,18-19H,7-15H2,1-2H3,(H,25,26)/t18-,19+/m0/s1. The fourth-order valence-electron chi connectivity index (χ4n) is 4.31. The number of likely N-dealkylation sites (tertiary alicyclic amines) is 1. The molecule has 2 heterocycles. The van der Waals surface area contributed by atoms with E-state index in [2.05, 4.69) is 16.8 Å².